The van der Waals surface area contributed by atoms with Crippen molar-refractivity contribution < 1.29 is 14.3 Å². The molecule has 0 atom stereocenters. The minimum Gasteiger partial charge on any atom is -0.496 e. The van der Waals surface area contributed by atoms with Crippen LogP contribution in [0.1, 0.15) is 23.6 Å². The number of hydrogen-bond donors (Lipinski definition) is 0. The van der Waals surface area contributed by atoms with Crippen LogP contribution in [0, 0.1) is 13.8 Å². The molecule has 1 fully saturated rings. The lowest BCUT2D eigenvalue weighted by Gasteiger charge is -2.34. The molecule has 0 unspecified atom stereocenters. The van der Waals surface area contributed by atoms with Crippen molar-refractivity contribution in [3.8, 4) is 5.75 Å². The third kappa shape index (κ3) is 3.59. The van der Waals surface area contributed by atoms with E-state index in [0.29, 0.717) is 32.6 Å². The van der Waals surface area contributed by atoms with E-state index in [1.807, 2.05) is 30.9 Å². The highest BCUT2D eigenvalue weighted by molar-refractivity contribution is 5.80. The molecular formula is C17H24N2O3. The number of amides is 2. The van der Waals surface area contributed by atoms with Gasteiger partial charge in [-0.05, 0) is 36.6 Å². The molecule has 1 aliphatic rings. The first kappa shape index (κ1) is 16.3. The molecule has 0 bridgehead atoms. The molecule has 22 heavy (non-hydrogen) atoms. The summed E-state index contributed by atoms with van der Waals surface area (Å²) in [7, 11) is 1.65. The van der Waals surface area contributed by atoms with Crippen molar-refractivity contribution in [2.75, 3.05) is 33.3 Å². The summed E-state index contributed by atoms with van der Waals surface area (Å²) in [6, 6.07) is 4.00. The van der Waals surface area contributed by atoms with Crippen LogP contribution >= 0.6 is 0 Å². The molecule has 2 rings (SSSR count). The van der Waals surface area contributed by atoms with Gasteiger partial charge in [-0.1, -0.05) is 6.07 Å². The SMILES string of the molecule is COc1cc(C)c(CC(=O)N2CCN(C(C)=O)CC2)cc1C. The van der Waals surface area contributed by atoms with Crippen molar-refractivity contribution >= 4 is 11.8 Å². The highest BCUT2D eigenvalue weighted by atomic mass is 16.5. The number of piperazine rings is 1. The van der Waals surface area contributed by atoms with Gasteiger partial charge in [0, 0.05) is 33.1 Å². The molecule has 0 N–H and O–H groups in total. The predicted molar refractivity (Wildman–Crippen MR) is 85.0 cm³/mol. The average molecular weight is 304 g/mol. The van der Waals surface area contributed by atoms with Gasteiger partial charge in [-0.15, -0.1) is 0 Å². The van der Waals surface area contributed by atoms with Gasteiger partial charge in [-0.2, -0.15) is 0 Å². The highest BCUT2D eigenvalue weighted by Gasteiger charge is 2.22. The topological polar surface area (TPSA) is 49.9 Å². The van der Waals surface area contributed by atoms with Gasteiger partial charge in [0.25, 0.3) is 0 Å². The zero-order valence-electron chi connectivity index (χ0n) is 13.8. The summed E-state index contributed by atoms with van der Waals surface area (Å²) in [4.78, 5) is 27.4. The summed E-state index contributed by atoms with van der Waals surface area (Å²) in [5.41, 5.74) is 3.15. The Balaban J connectivity index is 2.01. The lowest BCUT2D eigenvalue weighted by Crippen LogP contribution is -2.50. The van der Waals surface area contributed by atoms with Gasteiger partial charge in [0.1, 0.15) is 5.75 Å². The van der Waals surface area contributed by atoms with Gasteiger partial charge in [0.05, 0.1) is 13.5 Å². The van der Waals surface area contributed by atoms with Gasteiger partial charge >= 0.3 is 0 Å². The number of aryl methyl sites for hydroxylation is 2. The second-order valence-corrected chi connectivity index (χ2v) is 5.81. The zero-order valence-corrected chi connectivity index (χ0v) is 13.8. The molecule has 1 aromatic rings. The van der Waals surface area contributed by atoms with Crippen molar-refractivity contribution in [2.24, 2.45) is 0 Å². The van der Waals surface area contributed by atoms with Crippen molar-refractivity contribution in [2.45, 2.75) is 27.2 Å². The van der Waals surface area contributed by atoms with Crippen molar-refractivity contribution in [1.29, 1.82) is 0 Å². The van der Waals surface area contributed by atoms with Crippen LogP contribution < -0.4 is 4.74 Å². The second kappa shape index (κ2) is 6.81. The number of carbonyl (C=O) groups is 2. The monoisotopic (exact) mass is 304 g/mol. The van der Waals surface area contributed by atoms with E-state index in [1.165, 1.54) is 0 Å². The summed E-state index contributed by atoms with van der Waals surface area (Å²) in [5, 5.41) is 0. The van der Waals surface area contributed by atoms with Crippen LogP contribution in [-0.2, 0) is 16.0 Å². The smallest absolute Gasteiger partial charge is 0.227 e. The Bertz CT molecular complexity index is 576. The van der Waals surface area contributed by atoms with Gasteiger partial charge in [-0.3, -0.25) is 9.59 Å². The summed E-state index contributed by atoms with van der Waals surface area (Å²) in [6.45, 7) is 8.04. The zero-order chi connectivity index (χ0) is 16.3. The molecule has 1 saturated heterocycles. The van der Waals surface area contributed by atoms with E-state index >= 15 is 0 Å². The molecule has 1 aliphatic heterocycles. The van der Waals surface area contributed by atoms with Crippen LogP contribution in [0.4, 0.5) is 0 Å². The van der Waals surface area contributed by atoms with E-state index in [0.717, 1.165) is 22.4 Å². The Morgan fingerprint density at radius 2 is 1.64 bits per heavy atom. The van der Waals surface area contributed by atoms with E-state index in [-0.39, 0.29) is 11.8 Å². The first-order chi connectivity index (χ1) is 10.4. The maximum atomic E-state index is 12.5. The first-order valence-corrected chi connectivity index (χ1v) is 7.59. The molecule has 5 nitrogen and oxygen atoms in total. The number of rotatable bonds is 3. The maximum absolute atomic E-state index is 12.5. The molecule has 0 spiro atoms. The summed E-state index contributed by atoms with van der Waals surface area (Å²) in [6.07, 6.45) is 0.400. The fraction of sp³-hybridized carbons (Fsp3) is 0.529. The number of methoxy groups -OCH3 is 1. The maximum Gasteiger partial charge on any atom is 0.227 e. The fourth-order valence-corrected chi connectivity index (χ4v) is 2.81. The lowest BCUT2D eigenvalue weighted by atomic mass is 10.0. The number of benzene rings is 1. The van der Waals surface area contributed by atoms with Crippen molar-refractivity contribution in [3.63, 3.8) is 0 Å². The predicted octanol–water partition coefficient (Wildman–Crippen LogP) is 1.55. The van der Waals surface area contributed by atoms with Crippen LogP contribution in [0.25, 0.3) is 0 Å². The molecule has 5 heteroatoms. The molecule has 2 amide bonds. The minimum atomic E-state index is 0.0775. The largest absolute Gasteiger partial charge is 0.496 e. The summed E-state index contributed by atoms with van der Waals surface area (Å²) >= 11 is 0. The Morgan fingerprint density at radius 3 is 2.18 bits per heavy atom. The lowest BCUT2D eigenvalue weighted by molar-refractivity contribution is -0.138. The van der Waals surface area contributed by atoms with E-state index in [2.05, 4.69) is 0 Å². The standard InChI is InChI=1S/C17H24N2O3/c1-12-10-16(22-4)13(2)9-15(12)11-17(21)19-7-5-18(6-8-19)14(3)20/h9-10H,5-8,11H2,1-4H3. The third-order valence-corrected chi connectivity index (χ3v) is 4.27. The van der Waals surface area contributed by atoms with Crippen molar-refractivity contribution in [3.05, 3.63) is 28.8 Å². The van der Waals surface area contributed by atoms with E-state index in [4.69, 9.17) is 4.74 Å². The fourth-order valence-electron chi connectivity index (χ4n) is 2.81. The second-order valence-electron chi connectivity index (χ2n) is 5.81. The van der Waals surface area contributed by atoms with Crippen molar-refractivity contribution in [1.82, 2.24) is 9.80 Å². The number of nitrogens with zero attached hydrogens (tertiary/aromatic N) is 2. The molecule has 1 heterocycles. The van der Waals surface area contributed by atoms with Crippen LogP contribution in [0.3, 0.4) is 0 Å². The third-order valence-electron chi connectivity index (χ3n) is 4.27. The molecule has 0 aliphatic carbocycles. The van der Waals surface area contributed by atoms with Crippen LogP contribution in [0.2, 0.25) is 0 Å². The Kier molecular flexibility index (Phi) is 5.06. The van der Waals surface area contributed by atoms with Gasteiger partial charge in [0.2, 0.25) is 11.8 Å². The Morgan fingerprint density at radius 1 is 1.05 bits per heavy atom. The number of ether oxygens (including phenoxy) is 1. The van der Waals surface area contributed by atoms with E-state index < -0.39 is 0 Å². The molecule has 0 aromatic heterocycles. The molecule has 120 valence electrons. The molecule has 0 saturated carbocycles. The van der Waals surface area contributed by atoms with Gasteiger partial charge in [0.15, 0.2) is 0 Å². The van der Waals surface area contributed by atoms with E-state index in [9.17, 15) is 9.59 Å². The summed E-state index contributed by atoms with van der Waals surface area (Å²) < 4.78 is 5.30. The average Bonchev–Trinajstić information content (AvgIpc) is 2.50. The minimum absolute atomic E-state index is 0.0775. The van der Waals surface area contributed by atoms with Gasteiger partial charge < -0.3 is 14.5 Å². The normalized spacial score (nSPS) is 14.9. The quantitative estimate of drug-likeness (QED) is 0.851. The van der Waals surface area contributed by atoms with Crippen LogP contribution in [-0.4, -0.2) is 54.9 Å². The number of hydrogen-bond acceptors (Lipinski definition) is 3. The molecular weight excluding hydrogens is 280 g/mol. The summed E-state index contributed by atoms with van der Waals surface area (Å²) in [5.74, 6) is 1.05. The van der Waals surface area contributed by atoms with Crippen LogP contribution in [0.15, 0.2) is 12.1 Å². The highest BCUT2D eigenvalue weighted by Crippen LogP contribution is 2.23. The number of carbonyl (C=O) groups excluding carboxylic acids is 2. The Labute approximate surface area is 131 Å². The van der Waals surface area contributed by atoms with Gasteiger partial charge in [-0.25, -0.2) is 0 Å². The van der Waals surface area contributed by atoms with E-state index in [1.54, 1.807) is 18.9 Å². The van der Waals surface area contributed by atoms with Crippen LogP contribution in [0.5, 0.6) is 5.75 Å². The first-order valence-electron chi connectivity index (χ1n) is 7.59. The Hall–Kier alpha value is -2.04. The molecule has 0 radical (unpaired) electrons. The molecule has 1 aromatic carbocycles.